The quantitative estimate of drug-likeness (QED) is 0.786. The molecule has 2 aromatic heterocycles. The number of pyridine rings is 1. The van der Waals surface area contributed by atoms with Crippen molar-refractivity contribution in [3.05, 3.63) is 41.6 Å². The summed E-state index contributed by atoms with van der Waals surface area (Å²) in [6.45, 7) is 6.02. The molecule has 1 amide bonds. The molecule has 0 aliphatic heterocycles. The predicted molar refractivity (Wildman–Crippen MR) is 81.8 cm³/mol. The van der Waals surface area contributed by atoms with Crippen molar-refractivity contribution in [2.75, 3.05) is 5.73 Å². The number of carbonyl (C=O) groups excluding carboxylic acids is 1. The maximum Gasteiger partial charge on any atom is 0.252 e. The van der Waals surface area contributed by atoms with Crippen molar-refractivity contribution in [1.29, 1.82) is 0 Å². The van der Waals surface area contributed by atoms with Crippen molar-refractivity contribution in [2.45, 2.75) is 39.2 Å². The third kappa shape index (κ3) is 3.59. The summed E-state index contributed by atoms with van der Waals surface area (Å²) in [4.78, 5) is 23.9. The molecule has 0 aliphatic carbocycles. The number of nitrogen functional groups attached to an aromatic ring is 1. The first kappa shape index (κ1) is 15.0. The van der Waals surface area contributed by atoms with Crippen LogP contribution in [0.1, 0.15) is 61.0 Å². The fourth-order valence-corrected chi connectivity index (χ4v) is 2.07. The predicted octanol–water partition coefficient (Wildman–Crippen LogP) is 2.39. The Morgan fingerprint density at radius 2 is 2.19 bits per heavy atom. The summed E-state index contributed by atoms with van der Waals surface area (Å²) >= 11 is 0. The summed E-state index contributed by atoms with van der Waals surface area (Å²) in [6, 6.07) is 3.23. The molecule has 2 heterocycles. The van der Waals surface area contributed by atoms with E-state index in [4.69, 9.17) is 5.73 Å². The van der Waals surface area contributed by atoms with Gasteiger partial charge in [0.15, 0.2) is 0 Å². The average Bonchev–Trinajstić information content (AvgIpc) is 2.97. The lowest BCUT2D eigenvalue weighted by Crippen LogP contribution is -2.29. The number of amides is 1. The van der Waals surface area contributed by atoms with E-state index in [1.807, 2.05) is 20.8 Å². The van der Waals surface area contributed by atoms with Crippen LogP contribution >= 0.6 is 0 Å². The van der Waals surface area contributed by atoms with E-state index < -0.39 is 0 Å². The molecule has 0 bridgehead atoms. The molecule has 6 heteroatoms. The number of H-pyrrole nitrogens is 1. The summed E-state index contributed by atoms with van der Waals surface area (Å²) in [5.41, 5.74) is 7.12. The molecular weight excluding hydrogens is 266 g/mol. The van der Waals surface area contributed by atoms with Crippen LogP contribution in [0, 0.1) is 0 Å². The maximum atomic E-state index is 12.4. The fraction of sp³-hybridized carbons (Fsp3) is 0.400. The van der Waals surface area contributed by atoms with Gasteiger partial charge in [-0.05, 0) is 24.5 Å². The molecule has 1 atom stereocenters. The van der Waals surface area contributed by atoms with E-state index in [-0.39, 0.29) is 17.9 Å². The number of aromatic nitrogens is 3. The lowest BCUT2D eigenvalue weighted by atomic mass is 10.1. The Labute approximate surface area is 124 Å². The van der Waals surface area contributed by atoms with Gasteiger partial charge >= 0.3 is 0 Å². The number of nitrogens with zero attached hydrogens (tertiary/aromatic N) is 2. The molecule has 0 fully saturated rings. The number of aromatic amines is 1. The molecule has 1 unspecified atom stereocenters. The van der Waals surface area contributed by atoms with Gasteiger partial charge in [-0.1, -0.05) is 20.8 Å². The van der Waals surface area contributed by atoms with E-state index in [1.165, 1.54) is 0 Å². The van der Waals surface area contributed by atoms with Gasteiger partial charge in [0.2, 0.25) is 0 Å². The van der Waals surface area contributed by atoms with E-state index in [0.29, 0.717) is 11.4 Å². The highest BCUT2D eigenvalue weighted by Gasteiger charge is 2.17. The van der Waals surface area contributed by atoms with Gasteiger partial charge in [0.05, 0.1) is 6.04 Å². The molecule has 112 valence electrons. The maximum absolute atomic E-state index is 12.4. The van der Waals surface area contributed by atoms with Crippen molar-refractivity contribution in [2.24, 2.45) is 0 Å². The van der Waals surface area contributed by atoms with Crippen molar-refractivity contribution in [1.82, 2.24) is 20.3 Å². The Bertz CT molecular complexity index is 607. The summed E-state index contributed by atoms with van der Waals surface area (Å²) in [5, 5.41) is 2.96. The minimum Gasteiger partial charge on any atom is -0.384 e. The molecule has 2 aromatic rings. The highest BCUT2D eigenvalue weighted by molar-refractivity contribution is 5.95. The molecule has 21 heavy (non-hydrogen) atoms. The van der Waals surface area contributed by atoms with Crippen molar-refractivity contribution < 1.29 is 4.79 Å². The smallest absolute Gasteiger partial charge is 0.252 e. The van der Waals surface area contributed by atoms with Crippen molar-refractivity contribution in [3.8, 4) is 0 Å². The van der Waals surface area contributed by atoms with Crippen LogP contribution in [0.4, 0.5) is 5.82 Å². The second-order valence-corrected chi connectivity index (χ2v) is 5.27. The first-order valence-electron chi connectivity index (χ1n) is 7.08. The van der Waals surface area contributed by atoms with Crippen LogP contribution < -0.4 is 11.1 Å². The van der Waals surface area contributed by atoms with Crippen LogP contribution in [-0.4, -0.2) is 20.9 Å². The lowest BCUT2D eigenvalue weighted by Gasteiger charge is -2.15. The number of imidazole rings is 1. The molecule has 6 nitrogen and oxygen atoms in total. The number of carbonyl (C=O) groups is 1. The van der Waals surface area contributed by atoms with Gasteiger partial charge in [-0.25, -0.2) is 9.97 Å². The van der Waals surface area contributed by atoms with Gasteiger partial charge < -0.3 is 16.0 Å². The van der Waals surface area contributed by atoms with E-state index >= 15 is 0 Å². The number of rotatable bonds is 5. The lowest BCUT2D eigenvalue weighted by molar-refractivity contribution is 0.0933. The molecule has 0 saturated heterocycles. The van der Waals surface area contributed by atoms with Crippen LogP contribution in [0.25, 0.3) is 0 Å². The van der Waals surface area contributed by atoms with E-state index in [9.17, 15) is 4.79 Å². The number of hydrogen-bond donors (Lipinski definition) is 3. The molecular formula is C15H21N5O. The average molecular weight is 287 g/mol. The zero-order valence-electron chi connectivity index (χ0n) is 12.6. The largest absolute Gasteiger partial charge is 0.384 e. The van der Waals surface area contributed by atoms with Crippen LogP contribution in [0.5, 0.6) is 0 Å². The van der Waals surface area contributed by atoms with Crippen LogP contribution in [0.3, 0.4) is 0 Å². The number of hydrogen-bond acceptors (Lipinski definition) is 4. The normalized spacial score (nSPS) is 12.4. The molecule has 0 spiro atoms. The first-order chi connectivity index (χ1) is 10.0. The van der Waals surface area contributed by atoms with E-state index in [2.05, 4.69) is 20.3 Å². The summed E-state index contributed by atoms with van der Waals surface area (Å²) < 4.78 is 0. The van der Waals surface area contributed by atoms with Crippen LogP contribution in [-0.2, 0) is 0 Å². The van der Waals surface area contributed by atoms with Gasteiger partial charge in [-0.15, -0.1) is 0 Å². The minimum absolute atomic E-state index is 0.149. The van der Waals surface area contributed by atoms with Gasteiger partial charge in [0.25, 0.3) is 5.91 Å². The molecule has 0 aliphatic rings. The Kier molecular flexibility index (Phi) is 4.57. The monoisotopic (exact) mass is 287 g/mol. The van der Waals surface area contributed by atoms with Gasteiger partial charge in [0, 0.05) is 23.7 Å². The zero-order valence-corrected chi connectivity index (χ0v) is 12.6. The summed E-state index contributed by atoms with van der Waals surface area (Å²) in [6.07, 6.45) is 4.16. The number of nitrogens with two attached hydrogens (primary N) is 1. The molecule has 0 aromatic carbocycles. The topological polar surface area (TPSA) is 96.7 Å². The summed E-state index contributed by atoms with van der Waals surface area (Å²) in [7, 11) is 0. The zero-order chi connectivity index (χ0) is 15.4. The third-order valence-corrected chi connectivity index (χ3v) is 3.28. The van der Waals surface area contributed by atoms with Crippen molar-refractivity contribution >= 4 is 11.7 Å². The fourth-order valence-electron chi connectivity index (χ4n) is 2.07. The minimum atomic E-state index is -0.172. The van der Waals surface area contributed by atoms with E-state index in [1.54, 1.807) is 24.5 Å². The second kappa shape index (κ2) is 6.39. The Balaban J connectivity index is 2.20. The van der Waals surface area contributed by atoms with E-state index in [0.717, 1.165) is 17.9 Å². The second-order valence-electron chi connectivity index (χ2n) is 5.27. The third-order valence-electron chi connectivity index (χ3n) is 3.28. The van der Waals surface area contributed by atoms with Gasteiger partial charge in [0.1, 0.15) is 11.6 Å². The molecule has 4 N–H and O–H groups in total. The number of anilines is 1. The molecule has 0 saturated carbocycles. The number of nitrogens with one attached hydrogen (secondary N) is 2. The highest BCUT2D eigenvalue weighted by Crippen LogP contribution is 2.18. The van der Waals surface area contributed by atoms with Crippen molar-refractivity contribution in [3.63, 3.8) is 0 Å². The SMILES string of the molecule is CCC(NC(=O)c1cc(N)nc(C(C)C)c1)c1ncc[nH]1. The summed E-state index contributed by atoms with van der Waals surface area (Å²) in [5.74, 6) is 1.15. The highest BCUT2D eigenvalue weighted by atomic mass is 16.1. The van der Waals surface area contributed by atoms with Crippen LogP contribution in [0.15, 0.2) is 24.5 Å². The Morgan fingerprint density at radius 3 is 2.76 bits per heavy atom. The van der Waals surface area contributed by atoms with Crippen LogP contribution in [0.2, 0.25) is 0 Å². The Hall–Kier alpha value is -2.37. The Morgan fingerprint density at radius 1 is 1.43 bits per heavy atom. The van der Waals surface area contributed by atoms with Gasteiger partial charge in [-0.2, -0.15) is 0 Å². The van der Waals surface area contributed by atoms with Gasteiger partial charge in [-0.3, -0.25) is 4.79 Å². The first-order valence-corrected chi connectivity index (χ1v) is 7.08. The molecule has 0 radical (unpaired) electrons. The standard InChI is InChI=1S/C15H21N5O/c1-4-11(14-17-5-6-18-14)20-15(21)10-7-12(9(2)3)19-13(16)8-10/h5-9,11H,4H2,1-3H3,(H2,16,19)(H,17,18)(H,20,21). The molecule has 2 rings (SSSR count).